The molecule has 0 atom stereocenters. The number of anilines is 1. The molecule has 1 fully saturated rings. The second-order valence-corrected chi connectivity index (χ2v) is 5.72. The zero-order valence-corrected chi connectivity index (χ0v) is 11.8. The lowest BCUT2D eigenvalue weighted by Gasteiger charge is -2.25. The summed E-state index contributed by atoms with van der Waals surface area (Å²) in [6.07, 6.45) is 3.93. The summed E-state index contributed by atoms with van der Waals surface area (Å²) in [5.74, 6) is 0.641. The van der Waals surface area contributed by atoms with Crippen LogP contribution in [-0.4, -0.2) is 17.8 Å². The van der Waals surface area contributed by atoms with Gasteiger partial charge in [-0.3, -0.25) is 0 Å². The standard InChI is InChI=1S/C14H17BrN2O/c15-14-7-12(4-3-11(14)8-16)17-9-10-1-5-13(18)6-2-10/h3-4,7,10,13,17-18H,1-2,5-6,9H2. The van der Waals surface area contributed by atoms with Gasteiger partial charge in [0.2, 0.25) is 0 Å². The maximum atomic E-state index is 9.45. The van der Waals surface area contributed by atoms with Crippen molar-refractivity contribution in [2.24, 2.45) is 5.92 Å². The molecule has 0 unspecified atom stereocenters. The Bertz CT molecular complexity index is 448. The van der Waals surface area contributed by atoms with E-state index in [0.29, 0.717) is 11.5 Å². The van der Waals surface area contributed by atoms with Crippen LogP contribution in [0.25, 0.3) is 0 Å². The van der Waals surface area contributed by atoms with Gasteiger partial charge in [0.05, 0.1) is 11.7 Å². The van der Waals surface area contributed by atoms with Crippen LogP contribution in [0.2, 0.25) is 0 Å². The summed E-state index contributed by atoms with van der Waals surface area (Å²) in [7, 11) is 0. The second kappa shape index (κ2) is 6.21. The van der Waals surface area contributed by atoms with Crippen LogP contribution in [0.3, 0.4) is 0 Å². The molecule has 4 heteroatoms. The first-order valence-corrected chi connectivity index (χ1v) is 7.10. The molecule has 96 valence electrons. The van der Waals surface area contributed by atoms with Gasteiger partial charge < -0.3 is 10.4 Å². The lowest BCUT2D eigenvalue weighted by atomic mass is 9.87. The molecule has 1 saturated carbocycles. The van der Waals surface area contributed by atoms with Crippen molar-refractivity contribution in [2.75, 3.05) is 11.9 Å². The third-order valence-corrected chi connectivity index (χ3v) is 4.16. The largest absolute Gasteiger partial charge is 0.393 e. The van der Waals surface area contributed by atoms with Crippen molar-refractivity contribution in [3.63, 3.8) is 0 Å². The molecule has 0 aromatic heterocycles. The highest BCUT2D eigenvalue weighted by Crippen LogP contribution is 2.25. The van der Waals surface area contributed by atoms with E-state index in [9.17, 15) is 5.11 Å². The molecule has 3 nitrogen and oxygen atoms in total. The molecular formula is C14H17BrN2O. The van der Waals surface area contributed by atoms with Gasteiger partial charge in [-0.15, -0.1) is 0 Å². The first-order chi connectivity index (χ1) is 8.69. The smallest absolute Gasteiger partial charge is 0.100 e. The van der Waals surface area contributed by atoms with Gasteiger partial charge in [-0.05, 0) is 65.7 Å². The molecule has 1 aliphatic carbocycles. The minimum absolute atomic E-state index is 0.0923. The monoisotopic (exact) mass is 308 g/mol. The Morgan fingerprint density at radius 2 is 2.06 bits per heavy atom. The number of nitrogens with zero attached hydrogens (tertiary/aromatic N) is 1. The van der Waals surface area contributed by atoms with E-state index >= 15 is 0 Å². The molecule has 0 heterocycles. The number of hydrogen-bond acceptors (Lipinski definition) is 3. The zero-order chi connectivity index (χ0) is 13.0. The molecule has 0 radical (unpaired) electrons. The summed E-state index contributed by atoms with van der Waals surface area (Å²) in [6, 6.07) is 7.82. The van der Waals surface area contributed by atoms with Crippen molar-refractivity contribution in [1.29, 1.82) is 5.26 Å². The van der Waals surface area contributed by atoms with Crippen LogP contribution in [-0.2, 0) is 0 Å². The number of halogens is 1. The number of hydrogen-bond donors (Lipinski definition) is 2. The Morgan fingerprint density at radius 1 is 1.33 bits per heavy atom. The van der Waals surface area contributed by atoms with Gasteiger partial charge >= 0.3 is 0 Å². The maximum Gasteiger partial charge on any atom is 0.100 e. The van der Waals surface area contributed by atoms with Crippen molar-refractivity contribution in [3.8, 4) is 6.07 Å². The van der Waals surface area contributed by atoms with Crippen molar-refractivity contribution in [2.45, 2.75) is 31.8 Å². The molecule has 0 spiro atoms. The van der Waals surface area contributed by atoms with E-state index in [2.05, 4.69) is 27.3 Å². The SMILES string of the molecule is N#Cc1ccc(NCC2CCC(O)CC2)cc1Br. The van der Waals surface area contributed by atoms with Gasteiger partial charge in [-0.2, -0.15) is 5.26 Å². The van der Waals surface area contributed by atoms with E-state index in [1.807, 2.05) is 18.2 Å². The highest BCUT2D eigenvalue weighted by Gasteiger charge is 2.18. The molecule has 1 aromatic rings. The fourth-order valence-electron chi connectivity index (χ4n) is 2.33. The van der Waals surface area contributed by atoms with E-state index < -0.39 is 0 Å². The van der Waals surface area contributed by atoms with Crippen LogP contribution in [0.1, 0.15) is 31.2 Å². The van der Waals surface area contributed by atoms with Gasteiger partial charge in [0.15, 0.2) is 0 Å². The normalized spacial score (nSPS) is 23.4. The Kier molecular flexibility index (Phi) is 4.62. The van der Waals surface area contributed by atoms with Gasteiger partial charge in [0.25, 0.3) is 0 Å². The van der Waals surface area contributed by atoms with Crippen molar-refractivity contribution < 1.29 is 5.11 Å². The second-order valence-electron chi connectivity index (χ2n) is 4.86. The number of benzene rings is 1. The van der Waals surface area contributed by atoms with Crippen LogP contribution in [0, 0.1) is 17.2 Å². The molecular weight excluding hydrogens is 292 g/mol. The van der Waals surface area contributed by atoms with Crippen LogP contribution < -0.4 is 5.32 Å². The summed E-state index contributed by atoms with van der Waals surface area (Å²) in [5, 5.41) is 21.7. The van der Waals surface area contributed by atoms with Gasteiger partial charge in [0.1, 0.15) is 6.07 Å². The number of aliphatic hydroxyl groups excluding tert-OH is 1. The molecule has 2 N–H and O–H groups in total. The fraction of sp³-hybridized carbons (Fsp3) is 0.500. The highest BCUT2D eigenvalue weighted by molar-refractivity contribution is 9.10. The van der Waals surface area contributed by atoms with Crippen molar-refractivity contribution >= 4 is 21.6 Å². The molecule has 0 bridgehead atoms. The topological polar surface area (TPSA) is 56.0 Å². The van der Waals surface area contributed by atoms with Crippen LogP contribution in [0.5, 0.6) is 0 Å². The minimum atomic E-state index is -0.0923. The molecule has 0 aliphatic heterocycles. The average Bonchev–Trinajstić information content (AvgIpc) is 2.38. The van der Waals surface area contributed by atoms with Crippen LogP contribution in [0.4, 0.5) is 5.69 Å². The maximum absolute atomic E-state index is 9.45. The van der Waals surface area contributed by atoms with E-state index in [4.69, 9.17) is 5.26 Å². The summed E-state index contributed by atoms with van der Waals surface area (Å²) >= 11 is 3.39. The lowest BCUT2D eigenvalue weighted by molar-refractivity contribution is 0.111. The molecule has 1 aromatic carbocycles. The Hall–Kier alpha value is -1.05. The van der Waals surface area contributed by atoms with Crippen LogP contribution in [0.15, 0.2) is 22.7 Å². The average molecular weight is 309 g/mol. The Balaban J connectivity index is 1.87. The zero-order valence-electron chi connectivity index (χ0n) is 10.2. The summed E-state index contributed by atoms with van der Waals surface area (Å²) in [6.45, 7) is 0.936. The fourth-order valence-corrected chi connectivity index (χ4v) is 2.79. The highest BCUT2D eigenvalue weighted by atomic mass is 79.9. The molecule has 2 rings (SSSR count). The first kappa shape index (κ1) is 13.4. The van der Waals surface area contributed by atoms with Crippen molar-refractivity contribution in [1.82, 2.24) is 0 Å². The lowest BCUT2D eigenvalue weighted by Crippen LogP contribution is -2.23. The predicted octanol–water partition coefficient (Wildman–Crippen LogP) is 3.28. The number of rotatable bonds is 3. The summed E-state index contributed by atoms with van der Waals surface area (Å²) in [5.41, 5.74) is 1.69. The summed E-state index contributed by atoms with van der Waals surface area (Å²) < 4.78 is 0.828. The quantitative estimate of drug-likeness (QED) is 0.901. The van der Waals surface area contributed by atoms with Gasteiger partial charge in [-0.1, -0.05) is 0 Å². The first-order valence-electron chi connectivity index (χ1n) is 6.30. The third kappa shape index (κ3) is 3.47. The third-order valence-electron chi connectivity index (χ3n) is 3.50. The predicted molar refractivity (Wildman–Crippen MR) is 75.3 cm³/mol. The van der Waals surface area contributed by atoms with Gasteiger partial charge in [0, 0.05) is 16.7 Å². The molecule has 18 heavy (non-hydrogen) atoms. The summed E-state index contributed by atoms with van der Waals surface area (Å²) in [4.78, 5) is 0. The van der Waals surface area contributed by atoms with E-state index in [-0.39, 0.29) is 6.10 Å². The molecule has 0 saturated heterocycles. The van der Waals surface area contributed by atoms with E-state index in [0.717, 1.165) is 42.4 Å². The number of aliphatic hydroxyl groups is 1. The number of nitriles is 1. The van der Waals surface area contributed by atoms with Crippen molar-refractivity contribution in [3.05, 3.63) is 28.2 Å². The Morgan fingerprint density at radius 3 is 2.67 bits per heavy atom. The van der Waals surface area contributed by atoms with Crippen LogP contribution >= 0.6 is 15.9 Å². The molecule has 0 amide bonds. The Labute approximate surface area is 116 Å². The molecule has 1 aliphatic rings. The minimum Gasteiger partial charge on any atom is -0.393 e. The van der Waals surface area contributed by atoms with Gasteiger partial charge in [-0.25, -0.2) is 0 Å². The van der Waals surface area contributed by atoms with E-state index in [1.54, 1.807) is 0 Å². The number of nitrogens with one attached hydrogen (secondary N) is 1. The van der Waals surface area contributed by atoms with E-state index in [1.165, 1.54) is 0 Å².